The van der Waals surface area contributed by atoms with Crippen molar-refractivity contribution in [2.45, 2.75) is 51.2 Å². The monoisotopic (exact) mass is 260 g/mol. The van der Waals surface area contributed by atoms with Gasteiger partial charge >= 0.3 is 0 Å². The second-order valence-electron chi connectivity index (χ2n) is 5.04. The largest absolute Gasteiger partial charge is 0.473 e. The van der Waals surface area contributed by atoms with Crippen LogP contribution in [0.15, 0.2) is 42.7 Å². The van der Waals surface area contributed by atoms with E-state index in [1.54, 1.807) is 0 Å². The molecule has 104 valence electrons. The van der Waals surface area contributed by atoms with Crippen LogP contribution in [-0.4, -0.2) is 12.9 Å². The highest BCUT2D eigenvalue weighted by Crippen LogP contribution is 2.14. The van der Waals surface area contributed by atoms with Crippen molar-refractivity contribution in [2.75, 3.05) is 6.61 Å². The summed E-state index contributed by atoms with van der Waals surface area (Å²) in [5.74, 6) is 0. The fourth-order valence-electron chi connectivity index (χ4n) is 2.27. The van der Waals surface area contributed by atoms with Crippen molar-refractivity contribution >= 4 is 0 Å². The molecule has 1 heterocycles. The summed E-state index contributed by atoms with van der Waals surface area (Å²) in [6.45, 7) is 0.843. The SMILES string of the molecule is C(=C\OC1CCCCO1)/CCCCc1ccccc1. The van der Waals surface area contributed by atoms with E-state index >= 15 is 0 Å². The van der Waals surface area contributed by atoms with E-state index in [-0.39, 0.29) is 6.29 Å². The summed E-state index contributed by atoms with van der Waals surface area (Å²) in [7, 11) is 0. The fourth-order valence-corrected chi connectivity index (χ4v) is 2.27. The van der Waals surface area contributed by atoms with Crippen LogP contribution in [0.1, 0.15) is 44.1 Å². The Morgan fingerprint density at radius 1 is 1.16 bits per heavy atom. The Morgan fingerprint density at radius 3 is 2.84 bits per heavy atom. The molecule has 1 saturated heterocycles. The zero-order valence-electron chi connectivity index (χ0n) is 11.6. The zero-order valence-corrected chi connectivity index (χ0v) is 11.6. The first-order valence-corrected chi connectivity index (χ1v) is 7.41. The quantitative estimate of drug-likeness (QED) is 0.532. The molecule has 1 fully saturated rings. The summed E-state index contributed by atoms with van der Waals surface area (Å²) >= 11 is 0. The molecule has 1 aromatic rings. The van der Waals surface area contributed by atoms with Gasteiger partial charge in [0.2, 0.25) is 0 Å². The number of hydrogen-bond donors (Lipinski definition) is 0. The highest BCUT2D eigenvalue weighted by molar-refractivity contribution is 5.14. The van der Waals surface area contributed by atoms with Gasteiger partial charge in [-0.15, -0.1) is 0 Å². The fraction of sp³-hybridized carbons (Fsp3) is 0.529. The van der Waals surface area contributed by atoms with Crippen molar-refractivity contribution in [3.05, 3.63) is 48.2 Å². The van der Waals surface area contributed by atoms with Crippen LogP contribution in [0.25, 0.3) is 0 Å². The molecule has 2 rings (SSSR count). The van der Waals surface area contributed by atoms with E-state index in [2.05, 4.69) is 36.4 Å². The molecule has 19 heavy (non-hydrogen) atoms. The molecule has 1 aliphatic rings. The molecule has 0 spiro atoms. The number of benzene rings is 1. The van der Waals surface area contributed by atoms with Gasteiger partial charge in [0.1, 0.15) is 0 Å². The second kappa shape index (κ2) is 8.76. The number of allylic oxidation sites excluding steroid dienone is 1. The zero-order chi connectivity index (χ0) is 13.2. The number of rotatable bonds is 7. The summed E-state index contributed by atoms with van der Waals surface area (Å²) < 4.78 is 11.0. The minimum Gasteiger partial charge on any atom is -0.473 e. The van der Waals surface area contributed by atoms with Gasteiger partial charge in [-0.05, 0) is 50.2 Å². The Bertz CT molecular complexity index is 353. The van der Waals surface area contributed by atoms with E-state index in [4.69, 9.17) is 9.47 Å². The lowest BCUT2D eigenvalue weighted by Gasteiger charge is -2.21. The summed E-state index contributed by atoms with van der Waals surface area (Å²) in [4.78, 5) is 0. The molecule has 0 radical (unpaired) electrons. The summed E-state index contributed by atoms with van der Waals surface area (Å²) in [6, 6.07) is 10.7. The first kappa shape index (κ1) is 14.1. The van der Waals surface area contributed by atoms with E-state index in [1.807, 2.05) is 6.26 Å². The second-order valence-corrected chi connectivity index (χ2v) is 5.04. The lowest BCUT2D eigenvalue weighted by molar-refractivity contribution is -0.129. The average molecular weight is 260 g/mol. The molecular formula is C17H24O2. The van der Waals surface area contributed by atoms with Gasteiger partial charge in [-0.2, -0.15) is 0 Å². The smallest absolute Gasteiger partial charge is 0.198 e. The van der Waals surface area contributed by atoms with Crippen LogP contribution in [0.4, 0.5) is 0 Å². The molecule has 2 heteroatoms. The van der Waals surface area contributed by atoms with Crippen molar-refractivity contribution < 1.29 is 9.47 Å². The standard InChI is InChI=1S/C17H24O2/c1(4-10-16-11-5-3-6-12-16)2-8-14-18-17-13-7-9-15-19-17/h3,5-6,8,11-12,14,17H,1-2,4,7,9-10,13,15H2/b14-8+. The van der Waals surface area contributed by atoms with Gasteiger partial charge in [0.25, 0.3) is 0 Å². The van der Waals surface area contributed by atoms with E-state index in [1.165, 1.54) is 37.7 Å². The summed E-state index contributed by atoms with van der Waals surface area (Å²) in [5, 5.41) is 0. The third kappa shape index (κ3) is 5.93. The molecule has 0 N–H and O–H groups in total. The van der Waals surface area contributed by atoms with Crippen molar-refractivity contribution in [1.82, 2.24) is 0 Å². The van der Waals surface area contributed by atoms with Crippen LogP contribution in [0.2, 0.25) is 0 Å². The van der Waals surface area contributed by atoms with Crippen LogP contribution in [0.3, 0.4) is 0 Å². The number of ether oxygens (including phenoxy) is 2. The topological polar surface area (TPSA) is 18.5 Å². The van der Waals surface area contributed by atoms with Crippen molar-refractivity contribution in [3.63, 3.8) is 0 Å². The molecule has 1 atom stereocenters. The van der Waals surface area contributed by atoms with Crippen LogP contribution in [0, 0.1) is 0 Å². The van der Waals surface area contributed by atoms with Gasteiger partial charge < -0.3 is 9.47 Å². The minimum absolute atomic E-state index is 0.00526. The maximum atomic E-state index is 5.55. The lowest BCUT2D eigenvalue weighted by atomic mass is 10.1. The Labute approximate surface area is 116 Å². The molecule has 0 aromatic heterocycles. The molecular weight excluding hydrogens is 236 g/mol. The first-order chi connectivity index (χ1) is 9.45. The molecule has 1 aromatic carbocycles. The maximum absolute atomic E-state index is 5.55. The van der Waals surface area contributed by atoms with Gasteiger partial charge in [-0.1, -0.05) is 30.3 Å². The predicted octanol–water partition coefficient (Wildman–Crippen LogP) is 4.46. The van der Waals surface area contributed by atoms with Crippen LogP contribution in [-0.2, 0) is 15.9 Å². The van der Waals surface area contributed by atoms with Crippen LogP contribution < -0.4 is 0 Å². The molecule has 1 aliphatic heterocycles. The van der Waals surface area contributed by atoms with E-state index < -0.39 is 0 Å². The van der Waals surface area contributed by atoms with Gasteiger partial charge in [0.15, 0.2) is 6.29 Å². The molecule has 1 unspecified atom stereocenters. The molecule has 0 aliphatic carbocycles. The molecule has 0 amide bonds. The van der Waals surface area contributed by atoms with Gasteiger partial charge in [-0.3, -0.25) is 0 Å². The van der Waals surface area contributed by atoms with E-state index in [0.717, 1.165) is 19.4 Å². The molecule has 0 saturated carbocycles. The third-order valence-electron chi connectivity index (χ3n) is 3.39. The van der Waals surface area contributed by atoms with Crippen molar-refractivity contribution in [2.24, 2.45) is 0 Å². The van der Waals surface area contributed by atoms with Crippen LogP contribution >= 0.6 is 0 Å². The van der Waals surface area contributed by atoms with Gasteiger partial charge in [0, 0.05) is 6.42 Å². The normalized spacial score (nSPS) is 19.7. The lowest BCUT2D eigenvalue weighted by Crippen LogP contribution is -2.19. The average Bonchev–Trinajstić information content (AvgIpc) is 2.48. The van der Waals surface area contributed by atoms with Crippen LogP contribution in [0.5, 0.6) is 0 Å². The van der Waals surface area contributed by atoms with Crippen molar-refractivity contribution in [3.8, 4) is 0 Å². The predicted molar refractivity (Wildman–Crippen MR) is 77.8 cm³/mol. The molecule has 0 bridgehead atoms. The molecule has 2 nitrogen and oxygen atoms in total. The Balaban J connectivity index is 1.49. The minimum atomic E-state index is -0.00526. The number of aryl methyl sites for hydroxylation is 1. The summed E-state index contributed by atoms with van der Waals surface area (Å²) in [5.41, 5.74) is 1.43. The Hall–Kier alpha value is -1.28. The van der Waals surface area contributed by atoms with Gasteiger partial charge in [0.05, 0.1) is 12.9 Å². The van der Waals surface area contributed by atoms with Crippen molar-refractivity contribution in [1.29, 1.82) is 0 Å². The van der Waals surface area contributed by atoms with Gasteiger partial charge in [-0.25, -0.2) is 0 Å². The van der Waals surface area contributed by atoms with E-state index in [9.17, 15) is 0 Å². The number of hydrogen-bond acceptors (Lipinski definition) is 2. The number of unbranched alkanes of at least 4 members (excludes halogenated alkanes) is 2. The Kier molecular flexibility index (Phi) is 6.52. The highest BCUT2D eigenvalue weighted by Gasteiger charge is 2.12. The summed E-state index contributed by atoms with van der Waals surface area (Å²) in [6.07, 6.45) is 12.0. The Morgan fingerprint density at radius 2 is 2.05 bits per heavy atom. The third-order valence-corrected chi connectivity index (χ3v) is 3.39. The van der Waals surface area contributed by atoms with E-state index in [0.29, 0.717) is 0 Å². The first-order valence-electron chi connectivity index (χ1n) is 7.41. The highest BCUT2D eigenvalue weighted by atomic mass is 16.7. The maximum Gasteiger partial charge on any atom is 0.198 e.